The maximum Gasteiger partial charge on any atom is 0.287 e. The van der Waals surface area contributed by atoms with E-state index in [1.807, 2.05) is 31.4 Å². The average molecular weight is 389 g/mol. The zero-order valence-electron chi connectivity index (χ0n) is 15.9. The summed E-state index contributed by atoms with van der Waals surface area (Å²) in [5.41, 5.74) is 2.71. The van der Waals surface area contributed by atoms with Gasteiger partial charge in [0, 0.05) is 23.3 Å². The number of anilines is 1. The standard InChI is InChI=1S/C20H25ClN4O2/c1-4-13(3)22-20(27)18-24-17(16-7-5-6-10-25(16)18)19(26)23-15-11-14(21)9-8-12(15)2/h8-9,11,13H,4-7,10H2,1-3H3,(H,22,27)(H,23,26). The minimum atomic E-state index is -0.311. The van der Waals surface area contributed by atoms with Crippen molar-refractivity contribution in [1.82, 2.24) is 14.9 Å². The summed E-state index contributed by atoms with van der Waals surface area (Å²) < 4.78 is 1.89. The molecule has 1 atom stereocenters. The van der Waals surface area contributed by atoms with Crippen molar-refractivity contribution < 1.29 is 9.59 Å². The lowest BCUT2D eigenvalue weighted by Gasteiger charge is -2.18. The van der Waals surface area contributed by atoms with E-state index in [0.717, 1.165) is 36.9 Å². The van der Waals surface area contributed by atoms with Crippen LogP contribution in [-0.2, 0) is 13.0 Å². The zero-order chi connectivity index (χ0) is 19.6. The van der Waals surface area contributed by atoms with Crippen LogP contribution >= 0.6 is 11.6 Å². The number of imidazole rings is 1. The number of rotatable bonds is 5. The predicted octanol–water partition coefficient (Wildman–Crippen LogP) is 3.96. The minimum absolute atomic E-state index is 0.0560. The molecule has 1 aromatic heterocycles. The monoisotopic (exact) mass is 388 g/mol. The normalized spacial score (nSPS) is 14.4. The molecule has 2 heterocycles. The van der Waals surface area contributed by atoms with Crippen LogP contribution in [0.2, 0.25) is 5.02 Å². The summed E-state index contributed by atoms with van der Waals surface area (Å²) in [6.45, 7) is 6.57. The van der Waals surface area contributed by atoms with Gasteiger partial charge < -0.3 is 15.2 Å². The van der Waals surface area contributed by atoms with E-state index in [9.17, 15) is 9.59 Å². The second kappa shape index (κ2) is 8.13. The van der Waals surface area contributed by atoms with E-state index in [4.69, 9.17) is 11.6 Å². The van der Waals surface area contributed by atoms with Crippen LogP contribution < -0.4 is 10.6 Å². The molecule has 6 nitrogen and oxygen atoms in total. The molecule has 2 N–H and O–H groups in total. The van der Waals surface area contributed by atoms with Crippen molar-refractivity contribution in [1.29, 1.82) is 0 Å². The lowest BCUT2D eigenvalue weighted by Crippen LogP contribution is -2.34. The summed E-state index contributed by atoms with van der Waals surface area (Å²) >= 11 is 6.05. The van der Waals surface area contributed by atoms with Crippen molar-refractivity contribution in [3.8, 4) is 0 Å². The van der Waals surface area contributed by atoms with E-state index in [1.165, 1.54) is 0 Å². The maximum atomic E-state index is 12.9. The third-order valence-electron chi connectivity index (χ3n) is 4.97. The third kappa shape index (κ3) is 4.16. The topological polar surface area (TPSA) is 76.0 Å². The molecule has 27 heavy (non-hydrogen) atoms. The van der Waals surface area contributed by atoms with Crippen molar-refractivity contribution in [2.24, 2.45) is 0 Å². The Balaban J connectivity index is 1.92. The van der Waals surface area contributed by atoms with Gasteiger partial charge >= 0.3 is 0 Å². The molecule has 3 rings (SSSR count). The quantitative estimate of drug-likeness (QED) is 0.813. The van der Waals surface area contributed by atoms with Gasteiger partial charge in [0.15, 0.2) is 11.5 Å². The van der Waals surface area contributed by atoms with Gasteiger partial charge in [0.1, 0.15) is 0 Å². The summed E-state index contributed by atoms with van der Waals surface area (Å²) in [7, 11) is 0. The van der Waals surface area contributed by atoms with E-state index >= 15 is 0 Å². The number of benzene rings is 1. The van der Waals surface area contributed by atoms with E-state index in [2.05, 4.69) is 15.6 Å². The first-order valence-electron chi connectivity index (χ1n) is 9.38. The number of carbonyl (C=O) groups excluding carboxylic acids is 2. The van der Waals surface area contributed by atoms with Crippen LogP contribution in [0.15, 0.2) is 18.2 Å². The molecule has 1 aliphatic rings. The van der Waals surface area contributed by atoms with Gasteiger partial charge in [-0.15, -0.1) is 0 Å². The van der Waals surface area contributed by atoms with E-state index in [0.29, 0.717) is 28.8 Å². The number of carbonyl (C=O) groups is 2. The van der Waals surface area contributed by atoms with Gasteiger partial charge in [-0.2, -0.15) is 0 Å². The fourth-order valence-corrected chi connectivity index (χ4v) is 3.37. The van der Waals surface area contributed by atoms with Gasteiger partial charge in [-0.05, 0) is 57.2 Å². The Bertz CT molecular complexity index is 875. The predicted molar refractivity (Wildman–Crippen MR) is 107 cm³/mol. The molecular formula is C20H25ClN4O2. The van der Waals surface area contributed by atoms with Gasteiger partial charge in [0.25, 0.3) is 11.8 Å². The highest BCUT2D eigenvalue weighted by Gasteiger charge is 2.28. The zero-order valence-corrected chi connectivity index (χ0v) is 16.7. The van der Waals surface area contributed by atoms with Gasteiger partial charge in [-0.3, -0.25) is 9.59 Å². The molecule has 144 valence electrons. The first-order chi connectivity index (χ1) is 12.9. The Morgan fingerprint density at radius 1 is 1.30 bits per heavy atom. The molecule has 2 aromatic rings. The van der Waals surface area contributed by atoms with Crippen molar-refractivity contribution in [2.45, 2.75) is 59.0 Å². The molecule has 0 spiro atoms. The average Bonchev–Trinajstić information content (AvgIpc) is 3.04. The van der Waals surface area contributed by atoms with Crippen LogP contribution in [0.25, 0.3) is 0 Å². The number of hydrogen-bond acceptors (Lipinski definition) is 3. The molecule has 7 heteroatoms. The molecule has 2 amide bonds. The van der Waals surface area contributed by atoms with E-state index in [-0.39, 0.29) is 17.9 Å². The molecule has 1 aromatic carbocycles. The molecular weight excluding hydrogens is 364 g/mol. The SMILES string of the molecule is CCC(C)NC(=O)c1nc(C(=O)Nc2cc(Cl)ccc2C)c2n1CCCC2. The van der Waals surface area contributed by atoms with Gasteiger partial charge in [-0.1, -0.05) is 24.6 Å². The number of nitrogens with zero attached hydrogens (tertiary/aromatic N) is 2. The summed E-state index contributed by atoms with van der Waals surface area (Å²) in [6, 6.07) is 5.40. The second-order valence-electron chi connectivity index (χ2n) is 7.04. The maximum absolute atomic E-state index is 12.9. The van der Waals surface area contributed by atoms with Crippen LogP contribution in [0.5, 0.6) is 0 Å². The number of amides is 2. The molecule has 0 radical (unpaired) electrons. The largest absolute Gasteiger partial charge is 0.347 e. The van der Waals surface area contributed by atoms with Crippen molar-refractivity contribution >= 4 is 29.1 Å². The summed E-state index contributed by atoms with van der Waals surface area (Å²) in [6.07, 6.45) is 3.53. The fourth-order valence-electron chi connectivity index (χ4n) is 3.20. The smallest absolute Gasteiger partial charge is 0.287 e. The second-order valence-corrected chi connectivity index (χ2v) is 7.47. The van der Waals surface area contributed by atoms with Gasteiger partial charge in [0.05, 0.1) is 5.69 Å². The number of halogens is 1. The minimum Gasteiger partial charge on any atom is -0.347 e. The van der Waals surface area contributed by atoms with Gasteiger partial charge in [-0.25, -0.2) is 4.98 Å². The lowest BCUT2D eigenvalue weighted by molar-refractivity contribution is 0.0923. The van der Waals surface area contributed by atoms with Crippen molar-refractivity contribution in [3.63, 3.8) is 0 Å². The molecule has 0 fully saturated rings. The van der Waals surface area contributed by atoms with Crippen molar-refractivity contribution in [2.75, 3.05) is 5.32 Å². The molecule has 0 aliphatic carbocycles. The molecule has 1 unspecified atom stereocenters. The fraction of sp³-hybridized carbons (Fsp3) is 0.450. The highest BCUT2D eigenvalue weighted by Crippen LogP contribution is 2.24. The molecule has 0 saturated carbocycles. The number of aryl methyl sites for hydroxylation is 1. The summed E-state index contributed by atoms with van der Waals surface area (Å²) in [5, 5.41) is 6.39. The molecule has 0 bridgehead atoms. The first kappa shape index (κ1) is 19.4. The Kier molecular flexibility index (Phi) is 5.85. The first-order valence-corrected chi connectivity index (χ1v) is 9.76. The summed E-state index contributed by atoms with van der Waals surface area (Å²) in [5.74, 6) is -0.225. The van der Waals surface area contributed by atoms with Crippen LogP contribution in [0, 0.1) is 6.92 Å². The van der Waals surface area contributed by atoms with Crippen molar-refractivity contribution in [3.05, 3.63) is 46.0 Å². The Labute approximate surface area is 164 Å². The van der Waals surface area contributed by atoms with Crippen LogP contribution in [-0.4, -0.2) is 27.4 Å². The Hall–Kier alpha value is -2.34. The van der Waals surface area contributed by atoms with E-state index < -0.39 is 0 Å². The van der Waals surface area contributed by atoms with Crippen LogP contribution in [0.3, 0.4) is 0 Å². The van der Waals surface area contributed by atoms with E-state index in [1.54, 1.807) is 12.1 Å². The van der Waals surface area contributed by atoms with Crippen LogP contribution in [0.1, 0.15) is 65.5 Å². The summed E-state index contributed by atoms with van der Waals surface area (Å²) in [4.78, 5) is 30.0. The number of fused-ring (bicyclic) bond motifs is 1. The molecule has 1 aliphatic heterocycles. The number of hydrogen-bond donors (Lipinski definition) is 2. The Morgan fingerprint density at radius 3 is 2.81 bits per heavy atom. The number of aromatic nitrogens is 2. The third-order valence-corrected chi connectivity index (χ3v) is 5.21. The van der Waals surface area contributed by atoms with Gasteiger partial charge in [0.2, 0.25) is 0 Å². The lowest BCUT2D eigenvalue weighted by atomic mass is 10.1. The Morgan fingerprint density at radius 2 is 2.07 bits per heavy atom. The molecule has 0 saturated heterocycles. The highest BCUT2D eigenvalue weighted by molar-refractivity contribution is 6.31. The highest BCUT2D eigenvalue weighted by atomic mass is 35.5. The van der Waals surface area contributed by atoms with Crippen LogP contribution in [0.4, 0.5) is 5.69 Å². The number of nitrogens with one attached hydrogen (secondary N) is 2.